The molecule has 1 atom stereocenters. The van der Waals surface area contributed by atoms with Crippen LogP contribution in [0.15, 0.2) is 28.6 Å². The van der Waals surface area contributed by atoms with Crippen LogP contribution in [-0.4, -0.2) is 34.3 Å². The summed E-state index contributed by atoms with van der Waals surface area (Å²) in [6.07, 6.45) is 1.13. The highest BCUT2D eigenvalue weighted by Gasteiger charge is 2.35. The Hall–Kier alpha value is -1.93. The fraction of sp³-hybridized carbons (Fsp3) is 0.412. The van der Waals surface area contributed by atoms with E-state index in [1.165, 1.54) is 16.9 Å². The Kier molecular flexibility index (Phi) is 5.70. The van der Waals surface area contributed by atoms with Crippen LogP contribution in [0.3, 0.4) is 0 Å². The van der Waals surface area contributed by atoms with Gasteiger partial charge in [-0.2, -0.15) is 0 Å². The predicted octanol–water partition coefficient (Wildman–Crippen LogP) is 3.20. The number of aromatic nitrogens is 2. The van der Waals surface area contributed by atoms with E-state index in [2.05, 4.69) is 22.4 Å². The van der Waals surface area contributed by atoms with Gasteiger partial charge in [-0.05, 0) is 29.9 Å². The van der Waals surface area contributed by atoms with Gasteiger partial charge in [0.25, 0.3) is 0 Å². The minimum Gasteiger partial charge on any atom is -0.312 e. The number of thioether (sulfide) groups is 1. The van der Waals surface area contributed by atoms with E-state index in [9.17, 15) is 9.59 Å². The number of rotatable bonds is 6. The van der Waals surface area contributed by atoms with Crippen LogP contribution in [0.4, 0.5) is 10.8 Å². The molecule has 0 radical (unpaired) electrons. The molecule has 1 saturated heterocycles. The van der Waals surface area contributed by atoms with Crippen molar-refractivity contribution in [2.75, 3.05) is 22.5 Å². The molecule has 2 aromatic rings. The molecule has 0 spiro atoms. The Balaban J connectivity index is 1.65. The van der Waals surface area contributed by atoms with Crippen LogP contribution in [0.2, 0.25) is 0 Å². The lowest BCUT2D eigenvalue weighted by atomic mass is 10.1. The van der Waals surface area contributed by atoms with Gasteiger partial charge in [-0.25, -0.2) is 0 Å². The van der Waals surface area contributed by atoms with Crippen molar-refractivity contribution in [2.45, 2.75) is 31.0 Å². The molecule has 25 heavy (non-hydrogen) atoms. The van der Waals surface area contributed by atoms with E-state index in [0.29, 0.717) is 11.7 Å². The maximum Gasteiger partial charge on any atom is 0.231 e. The van der Waals surface area contributed by atoms with Crippen molar-refractivity contribution in [2.24, 2.45) is 5.92 Å². The van der Waals surface area contributed by atoms with Crippen LogP contribution in [0.5, 0.6) is 0 Å². The number of amides is 2. The fourth-order valence-electron chi connectivity index (χ4n) is 2.73. The zero-order chi connectivity index (χ0) is 17.8. The molecule has 1 aromatic heterocycles. The van der Waals surface area contributed by atoms with E-state index in [0.717, 1.165) is 22.2 Å². The van der Waals surface area contributed by atoms with Crippen molar-refractivity contribution in [3.63, 3.8) is 0 Å². The van der Waals surface area contributed by atoms with Crippen LogP contribution in [0.1, 0.15) is 25.8 Å². The summed E-state index contributed by atoms with van der Waals surface area (Å²) in [4.78, 5) is 26.5. The summed E-state index contributed by atoms with van der Waals surface area (Å²) in [6.45, 7) is 4.51. The topological polar surface area (TPSA) is 75.2 Å². The van der Waals surface area contributed by atoms with Gasteiger partial charge in [0.2, 0.25) is 16.9 Å². The van der Waals surface area contributed by atoms with Crippen molar-refractivity contribution >= 4 is 45.7 Å². The average molecular weight is 377 g/mol. The van der Waals surface area contributed by atoms with Gasteiger partial charge in [0.15, 0.2) is 4.34 Å². The molecule has 1 aromatic carbocycles. The van der Waals surface area contributed by atoms with Gasteiger partial charge in [0.05, 0.1) is 5.92 Å². The fourth-order valence-corrected chi connectivity index (χ4v) is 4.38. The van der Waals surface area contributed by atoms with E-state index in [1.807, 2.05) is 31.2 Å². The van der Waals surface area contributed by atoms with E-state index >= 15 is 0 Å². The summed E-state index contributed by atoms with van der Waals surface area (Å²) < 4.78 is 0.832. The van der Waals surface area contributed by atoms with Crippen LogP contribution in [-0.2, 0) is 16.0 Å². The van der Waals surface area contributed by atoms with E-state index in [4.69, 9.17) is 0 Å². The van der Waals surface area contributed by atoms with Gasteiger partial charge in [-0.3, -0.25) is 9.59 Å². The highest BCUT2D eigenvalue weighted by Crippen LogP contribution is 2.29. The van der Waals surface area contributed by atoms with Crippen molar-refractivity contribution in [3.05, 3.63) is 29.8 Å². The second kappa shape index (κ2) is 7.97. The molecule has 0 saturated carbocycles. The molecule has 8 heteroatoms. The molecule has 3 rings (SSSR count). The standard InChI is InChI=1S/C17H20N4O2S2/c1-3-11-6-5-7-13(8-11)21-10-12(9-14(21)22)15(23)18-16-19-20-17(25-16)24-4-2/h5-8,12H,3-4,9-10H2,1-2H3,(H,18,19,23)/t12-/m1/s1. The number of hydrogen-bond acceptors (Lipinski definition) is 6. The van der Waals surface area contributed by atoms with E-state index < -0.39 is 0 Å². The first-order valence-electron chi connectivity index (χ1n) is 8.27. The number of anilines is 2. The van der Waals surface area contributed by atoms with Crippen molar-refractivity contribution in [1.29, 1.82) is 0 Å². The van der Waals surface area contributed by atoms with Crippen molar-refractivity contribution < 1.29 is 9.59 Å². The zero-order valence-electron chi connectivity index (χ0n) is 14.2. The second-order valence-corrected chi connectivity index (χ2v) is 8.21. The SMILES string of the molecule is CCSc1nnc(NC(=O)[C@@H]2CC(=O)N(c3cccc(CC)c3)C2)s1. The number of carbonyl (C=O) groups is 2. The summed E-state index contributed by atoms with van der Waals surface area (Å²) in [5.74, 6) is 0.342. The third kappa shape index (κ3) is 4.19. The Bertz CT molecular complexity index is 778. The Morgan fingerprint density at radius 3 is 3.00 bits per heavy atom. The molecule has 6 nitrogen and oxygen atoms in total. The van der Waals surface area contributed by atoms with Crippen LogP contribution >= 0.6 is 23.1 Å². The molecule has 1 N–H and O–H groups in total. The minimum absolute atomic E-state index is 0.0205. The summed E-state index contributed by atoms with van der Waals surface area (Å²) in [6, 6.07) is 7.91. The third-order valence-electron chi connectivity index (χ3n) is 4.03. The summed E-state index contributed by atoms with van der Waals surface area (Å²) in [5.41, 5.74) is 2.03. The highest BCUT2D eigenvalue weighted by atomic mass is 32.2. The van der Waals surface area contributed by atoms with Gasteiger partial charge in [0, 0.05) is 18.7 Å². The lowest BCUT2D eigenvalue weighted by Crippen LogP contribution is -2.28. The average Bonchev–Trinajstić information content (AvgIpc) is 3.22. The van der Waals surface area contributed by atoms with E-state index in [-0.39, 0.29) is 24.2 Å². The first-order chi connectivity index (χ1) is 12.1. The monoisotopic (exact) mass is 376 g/mol. The molecular weight excluding hydrogens is 356 g/mol. The maximum atomic E-state index is 12.5. The van der Waals surface area contributed by atoms with E-state index in [1.54, 1.807) is 16.7 Å². The van der Waals surface area contributed by atoms with Crippen molar-refractivity contribution in [1.82, 2.24) is 10.2 Å². The molecule has 1 fully saturated rings. The van der Waals surface area contributed by atoms with Crippen LogP contribution < -0.4 is 10.2 Å². The summed E-state index contributed by atoms with van der Waals surface area (Å²) >= 11 is 2.95. The molecule has 132 valence electrons. The quantitative estimate of drug-likeness (QED) is 0.619. The number of nitrogens with one attached hydrogen (secondary N) is 1. The number of hydrogen-bond donors (Lipinski definition) is 1. The van der Waals surface area contributed by atoms with Gasteiger partial charge in [-0.15, -0.1) is 10.2 Å². The smallest absolute Gasteiger partial charge is 0.231 e. The molecule has 1 aliphatic rings. The normalized spacial score (nSPS) is 17.1. The molecule has 2 amide bonds. The largest absolute Gasteiger partial charge is 0.312 e. The first kappa shape index (κ1) is 17.9. The number of nitrogens with zero attached hydrogens (tertiary/aromatic N) is 3. The number of aryl methyl sites for hydroxylation is 1. The molecule has 0 unspecified atom stereocenters. The molecule has 0 aliphatic carbocycles. The number of carbonyl (C=O) groups excluding carboxylic acids is 2. The number of benzene rings is 1. The Morgan fingerprint density at radius 2 is 2.24 bits per heavy atom. The van der Waals surface area contributed by atoms with Crippen LogP contribution in [0, 0.1) is 5.92 Å². The van der Waals surface area contributed by atoms with Gasteiger partial charge in [0.1, 0.15) is 0 Å². The highest BCUT2D eigenvalue weighted by molar-refractivity contribution is 8.01. The molecule has 0 bridgehead atoms. The first-order valence-corrected chi connectivity index (χ1v) is 10.1. The third-order valence-corrected chi connectivity index (χ3v) is 5.88. The van der Waals surface area contributed by atoms with Gasteiger partial charge < -0.3 is 10.2 Å². The Labute approximate surface area is 155 Å². The maximum absolute atomic E-state index is 12.5. The predicted molar refractivity (Wildman–Crippen MR) is 101 cm³/mol. The Morgan fingerprint density at radius 1 is 1.40 bits per heavy atom. The minimum atomic E-state index is -0.371. The molecule has 1 aliphatic heterocycles. The molecular formula is C17H20N4O2S2. The second-order valence-electron chi connectivity index (χ2n) is 5.72. The van der Waals surface area contributed by atoms with Gasteiger partial charge in [-0.1, -0.05) is 49.1 Å². The van der Waals surface area contributed by atoms with Crippen molar-refractivity contribution in [3.8, 4) is 0 Å². The van der Waals surface area contributed by atoms with Crippen LogP contribution in [0.25, 0.3) is 0 Å². The van der Waals surface area contributed by atoms with Gasteiger partial charge >= 0.3 is 0 Å². The zero-order valence-corrected chi connectivity index (χ0v) is 15.8. The lowest BCUT2D eigenvalue weighted by Gasteiger charge is -2.17. The summed E-state index contributed by atoms with van der Waals surface area (Å²) in [5, 5.41) is 11.3. The summed E-state index contributed by atoms with van der Waals surface area (Å²) in [7, 11) is 0. The molecule has 2 heterocycles. The lowest BCUT2D eigenvalue weighted by molar-refractivity contribution is -0.122.